The molecule has 2 aromatic heterocycles. The van der Waals surface area contributed by atoms with Crippen molar-refractivity contribution in [2.45, 2.75) is 177 Å². The van der Waals surface area contributed by atoms with Crippen molar-refractivity contribution >= 4 is 34.1 Å². The summed E-state index contributed by atoms with van der Waals surface area (Å²) in [6, 6.07) is 0. The number of oxazole rings is 2. The number of nitrogens with zero attached hydrogens (tertiary/aromatic N) is 2. The average Bonchev–Trinajstić information content (AvgIpc) is 3.96. The molecule has 3 N–H and O–H groups in total. The minimum Gasteiger partial charge on any atom is -0.458 e. The Labute approximate surface area is 414 Å². The second-order valence-electron chi connectivity index (χ2n) is 19.5. The number of esters is 1. The van der Waals surface area contributed by atoms with Crippen LogP contribution in [0.5, 0.6) is 0 Å². The zero-order chi connectivity index (χ0) is 49.2. The van der Waals surface area contributed by atoms with E-state index in [2.05, 4.69) is 22.5 Å². The third-order valence-corrected chi connectivity index (χ3v) is 14.2. The van der Waals surface area contributed by atoms with E-state index in [1.807, 2.05) is 64.2 Å². The lowest BCUT2D eigenvalue weighted by Gasteiger charge is -2.44. The van der Waals surface area contributed by atoms with Gasteiger partial charge in [-0.15, -0.1) is 0 Å². The molecule has 378 valence electrons. The zero-order valence-corrected chi connectivity index (χ0v) is 42.3. The molecule has 4 saturated heterocycles. The van der Waals surface area contributed by atoms with Gasteiger partial charge in [-0.2, -0.15) is 0 Å². The molecule has 69 heavy (non-hydrogen) atoms. The van der Waals surface area contributed by atoms with Crippen LogP contribution in [0.3, 0.4) is 0 Å². The first kappa shape index (κ1) is 53.0. The third-order valence-electron chi connectivity index (χ3n) is 13.9. The molecule has 0 spiro atoms. The van der Waals surface area contributed by atoms with Crippen LogP contribution in [0.2, 0.25) is 0 Å². The minimum atomic E-state index is -1.73. The number of aliphatic hydroxyl groups is 3. The van der Waals surface area contributed by atoms with Gasteiger partial charge in [0.25, 0.3) is 0 Å². The van der Waals surface area contributed by atoms with E-state index >= 15 is 0 Å². The first-order valence-electron chi connectivity index (χ1n) is 24.3. The highest BCUT2D eigenvalue weighted by Crippen LogP contribution is 2.40. The molecule has 4 fully saturated rings. The van der Waals surface area contributed by atoms with E-state index in [9.17, 15) is 20.1 Å². The predicted molar refractivity (Wildman–Crippen MR) is 261 cm³/mol. The van der Waals surface area contributed by atoms with Gasteiger partial charge in [0.1, 0.15) is 36.1 Å². The number of carbonyl (C=O) groups is 1. The predicted octanol–water partition coefficient (Wildman–Crippen LogP) is 8.76. The molecule has 7 heterocycles. The summed E-state index contributed by atoms with van der Waals surface area (Å²) in [5, 5.41) is 33.9. The van der Waals surface area contributed by atoms with Crippen LogP contribution in [0.25, 0.3) is 12.2 Å². The van der Waals surface area contributed by atoms with Gasteiger partial charge in [-0.25, -0.2) is 14.8 Å². The number of methoxy groups -OCH3 is 2. The molecule has 0 aliphatic carbocycles. The number of halogens is 1. The van der Waals surface area contributed by atoms with Crippen LogP contribution in [0.15, 0.2) is 92.2 Å². The number of allylic oxidation sites excluding steroid dienone is 2. The number of fused-ring (bicyclic) bond motifs is 9. The largest absolute Gasteiger partial charge is 0.458 e. The average molecular weight is 1020 g/mol. The number of aromatic nitrogens is 2. The molecule has 15 nitrogen and oxygen atoms in total. The van der Waals surface area contributed by atoms with Gasteiger partial charge in [0, 0.05) is 57.8 Å². The fraction of sp³-hybridized carbons (Fsp3) is 0.604. The van der Waals surface area contributed by atoms with E-state index < -0.39 is 48.4 Å². The lowest BCUT2D eigenvalue weighted by molar-refractivity contribution is -0.286. The van der Waals surface area contributed by atoms with Crippen LogP contribution in [-0.2, 0) is 44.4 Å². The molecule has 0 amide bonds. The van der Waals surface area contributed by atoms with Crippen molar-refractivity contribution in [3.63, 3.8) is 0 Å². The summed E-state index contributed by atoms with van der Waals surface area (Å²) in [5.74, 6) is -1.95. The van der Waals surface area contributed by atoms with Crippen LogP contribution >= 0.6 is 15.9 Å². The molecule has 8 bridgehead atoms. The fourth-order valence-electron chi connectivity index (χ4n) is 10.4. The Morgan fingerprint density at radius 3 is 2.57 bits per heavy atom. The van der Waals surface area contributed by atoms with Crippen molar-refractivity contribution in [3.8, 4) is 0 Å². The Hall–Kier alpha value is -3.81. The maximum absolute atomic E-state index is 13.6. The lowest BCUT2D eigenvalue weighted by Crippen LogP contribution is -2.51. The molecule has 0 radical (unpaired) electrons. The van der Waals surface area contributed by atoms with E-state index in [0.717, 1.165) is 16.7 Å². The molecule has 15 atom stereocenters. The minimum absolute atomic E-state index is 0.0830. The molecular formula is C53H71BrN2O13. The first-order chi connectivity index (χ1) is 33.1. The summed E-state index contributed by atoms with van der Waals surface area (Å²) in [6.45, 7) is 12.2. The van der Waals surface area contributed by atoms with Crippen LogP contribution < -0.4 is 0 Å². The van der Waals surface area contributed by atoms with Crippen LogP contribution in [-0.4, -0.2) is 118 Å². The number of carbonyl (C=O) groups excluding carboxylic acids is 1. The molecule has 16 heteroatoms. The summed E-state index contributed by atoms with van der Waals surface area (Å²) in [5.41, 5.74) is 3.86. The van der Waals surface area contributed by atoms with Crippen LogP contribution in [0.1, 0.15) is 121 Å². The van der Waals surface area contributed by atoms with E-state index in [-0.39, 0.29) is 67.2 Å². The number of rotatable bonds is 12. The summed E-state index contributed by atoms with van der Waals surface area (Å²) in [4.78, 5) is 24.8. The van der Waals surface area contributed by atoms with Gasteiger partial charge in [-0.1, -0.05) is 84.0 Å². The summed E-state index contributed by atoms with van der Waals surface area (Å²) in [7, 11) is 3.22. The second kappa shape index (κ2) is 24.5. The molecule has 7 rings (SSSR count). The van der Waals surface area contributed by atoms with E-state index in [0.29, 0.717) is 75.1 Å². The molecule has 0 saturated carbocycles. The Morgan fingerprint density at radius 1 is 0.986 bits per heavy atom. The molecule has 5 aliphatic rings. The van der Waals surface area contributed by atoms with Crippen molar-refractivity contribution in [1.82, 2.24) is 9.97 Å². The summed E-state index contributed by atoms with van der Waals surface area (Å²) in [6.07, 6.45) is 19.5. The SMILES string of the molecule is C=C1CC2C/C=C\C(=O)O[C@@H]3[C@@H](C)[C@H](/C(C)=C/c4coc(C[C@]5(O)C[C@H](OC)C[C@H]([C@H](O)/C=C(C)/C=C/[C@@H](C/C=C/Br)OC)O5)n4)O[C@H](C/C=C/c4nc(co4)[C@H]4C[C@H](O)C[C@@H](CC(C1)O2)O4)[C@H]3C. The van der Waals surface area contributed by atoms with Gasteiger partial charge in [0.05, 0.1) is 67.5 Å². The zero-order valence-electron chi connectivity index (χ0n) is 40.7. The van der Waals surface area contributed by atoms with Crippen molar-refractivity contribution in [3.05, 3.63) is 107 Å². The monoisotopic (exact) mass is 1020 g/mol. The van der Waals surface area contributed by atoms with Crippen LogP contribution in [0.4, 0.5) is 0 Å². The molecule has 0 aromatic carbocycles. The maximum atomic E-state index is 13.6. The Bertz CT molecular complexity index is 2210. The third kappa shape index (κ3) is 14.6. The van der Waals surface area contributed by atoms with Crippen molar-refractivity contribution < 1.29 is 62.1 Å². The highest BCUT2D eigenvalue weighted by atomic mass is 79.9. The first-order valence-corrected chi connectivity index (χ1v) is 25.2. The van der Waals surface area contributed by atoms with Gasteiger partial charge in [-0.3, -0.25) is 0 Å². The number of hydrogen-bond donors (Lipinski definition) is 3. The van der Waals surface area contributed by atoms with Crippen molar-refractivity contribution in [2.75, 3.05) is 14.2 Å². The highest BCUT2D eigenvalue weighted by molar-refractivity contribution is 9.11. The quantitative estimate of drug-likeness (QED) is 0.104. The van der Waals surface area contributed by atoms with Gasteiger partial charge >= 0.3 is 5.97 Å². The molecular weight excluding hydrogens is 952 g/mol. The molecule has 5 aliphatic heterocycles. The molecule has 2 unspecified atom stereocenters. The van der Waals surface area contributed by atoms with E-state index in [1.54, 1.807) is 37.6 Å². The van der Waals surface area contributed by atoms with E-state index in [4.69, 9.17) is 52.0 Å². The Balaban J connectivity index is 1.06. The number of ether oxygens (including phenoxy) is 7. The standard InChI is InChI=1S/C53H71BrN2O13/c1-31(16-17-38(61-6)12-10-18-54)21-44(58)47-26-42(62-7)27-53(60,69-47)28-49-55-36(29-63-49)22-33(3)51-35(5)52-34(4)45(67-51)13-9-14-48-56-43(30-64-48)46-24-37(57)23-41(66-46)25-40-20-32(2)19-39(65-40)11-8-15-50(59)68-52/h8-10,14-18,21-22,29-30,34-35,37-42,44-47,51-52,57-58,60H,2,11-13,19-20,23-28H2,1,3-7H3/b14-9+,15-8-,17-16+,18-10+,31-21+,33-22+/t34-,35+,37-,38-,39?,40?,41+,42-,44-,45-,46-,47-,51+,52+,53+/m1/s1. The lowest BCUT2D eigenvalue weighted by atomic mass is 9.79. The van der Waals surface area contributed by atoms with Gasteiger partial charge in [0.15, 0.2) is 11.7 Å². The smallest absolute Gasteiger partial charge is 0.330 e. The second-order valence-corrected chi connectivity index (χ2v) is 20.0. The highest BCUT2D eigenvalue weighted by Gasteiger charge is 2.45. The normalized spacial score (nSPS) is 36.1. The van der Waals surface area contributed by atoms with Crippen molar-refractivity contribution in [1.29, 1.82) is 0 Å². The Morgan fingerprint density at radius 2 is 1.78 bits per heavy atom. The van der Waals surface area contributed by atoms with Crippen molar-refractivity contribution in [2.24, 2.45) is 11.8 Å². The van der Waals surface area contributed by atoms with Gasteiger partial charge in [0.2, 0.25) is 5.89 Å². The topological polar surface area (TPSA) is 194 Å². The van der Waals surface area contributed by atoms with Gasteiger partial charge in [-0.05, 0) is 75.1 Å². The van der Waals surface area contributed by atoms with Crippen LogP contribution in [0, 0.1) is 11.8 Å². The number of hydrogen-bond acceptors (Lipinski definition) is 15. The number of aliphatic hydroxyl groups excluding tert-OH is 2. The molecule has 2 aromatic rings. The van der Waals surface area contributed by atoms with E-state index in [1.165, 1.54) is 12.3 Å². The fourth-order valence-corrected chi connectivity index (χ4v) is 10.6. The van der Waals surface area contributed by atoms with Gasteiger partial charge < -0.3 is 57.3 Å². The summed E-state index contributed by atoms with van der Waals surface area (Å²) >= 11 is 3.28. The Kier molecular flexibility index (Phi) is 18.9. The maximum Gasteiger partial charge on any atom is 0.330 e. The summed E-state index contributed by atoms with van der Waals surface area (Å²) < 4.78 is 55.2.